The van der Waals surface area contributed by atoms with Gasteiger partial charge in [0.25, 0.3) is 0 Å². The van der Waals surface area contributed by atoms with Gasteiger partial charge in [0.1, 0.15) is 5.82 Å². The second-order valence-electron chi connectivity index (χ2n) is 4.65. The van der Waals surface area contributed by atoms with E-state index in [0.717, 1.165) is 13.8 Å². The standard InChI is InChI=1S/C12H12F4O3/c1-11(2,9(17)10(18)19)8-5-6(13)3-4-7(8)12(14,15)16/h3-5,9,17H,1-2H3,(H,18,19). The van der Waals surface area contributed by atoms with Gasteiger partial charge in [0.2, 0.25) is 0 Å². The normalized spacial score (nSPS) is 14.3. The molecule has 1 rings (SSSR count). The third-order valence-electron chi connectivity index (χ3n) is 2.90. The predicted molar refractivity (Wildman–Crippen MR) is 58.1 cm³/mol. The van der Waals surface area contributed by atoms with Crippen LogP contribution in [-0.4, -0.2) is 22.3 Å². The molecular weight excluding hydrogens is 268 g/mol. The van der Waals surface area contributed by atoms with Crippen molar-refractivity contribution in [3.05, 3.63) is 35.1 Å². The number of hydrogen-bond donors (Lipinski definition) is 2. The van der Waals surface area contributed by atoms with Crippen LogP contribution in [0.2, 0.25) is 0 Å². The van der Waals surface area contributed by atoms with E-state index in [0.29, 0.717) is 18.2 Å². The molecule has 0 heterocycles. The number of halogens is 4. The molecule has 0 amide bonds. The Bertz CT molecular complexity index is 494. The van der Waals surface area contributed by atoms with Crippen molar-refractivity contribution in [3.63, 3.8) is 0 Å². The van der Waals surface area contributed by atoms with Crippen molar-refractivity contribution in [2.75, 3.05) is 0 Å². The fourth-order valence-electron chi connectivity index (χ4n) is 1.75. The summed E-state index contributed by atoms with van der Waals surface area (Å²) in [6, 6.07) is 1.76. The van der Waals surface area contributed by atoms with E-state index in [1.54, 1.807) is 0 Å². The van der Waals surface area contributed by atoms with Gasteiger partial charge in [0.15, 0.2) is 6.10 Å². The van der Waals surface area contributed by atoms with Crippen molar-refractivity contribution in [2.45, 2.75) is 31.5 Å². The summed E-state index contributed by atoms with van der Waals surface area (Å²) < 4.78 is 51.6. The molecule has 0 bridgehead atoms. The lowest BCUT2D eigenvalue weighted by Crippen LogP contribution is -2.41. The first-order chi connectivity index (χ1) is 8.48. The highest BCUT2D eigenvalue weighted by atomic mass is 19.4. The van der Waals surface area contributed by atoms with Gasteiger partial charge < -0.3 is 10.2 Å². The van der Waals surface area contributed by atoms with Gasteiger partial charge in [-0.05, 0) is 23.8 Å². The molecule has 2 N–H and O–H groups in total. The molecule has 0 saturated carbocycles. The van der Waals surface area contributed by atoms with Gasteiger partial charge >= 0.3 is 12.1 Å². The van der Waals surface area contributed by atoms with E-state index >= 15 is 0 Å². The molecule has 0 aliphatic rings. The van der Waals surface area contributed by atoms with Crippen LogP contribution in [-0.2, 0) is 16.4 Å². The SMILES string of the molecule is CC(C)(c1cc(F)ccc1C(F)(F)F)C(O)C(=O)O. The number of carboxylic acid groups (broad SMARTS) is 1. The molecule has 0 saturated heterocycles. The van der Waals surface area contributed by atoms with E-state index in [-0.39, 0.29) is 0 Å². The van der Waals surface area contributed by atoms with E-state index < -0.39 is 40.6 Å². The lowest BCUT2D eigenvalue weighted by molar-refractivity contribution is -0.151. The molecule has 1 atom stereocenters. The van der Waals surface area contributed by atoms with E-state index in [9.17, 15) is 27.5 Å². The minimum atomic E-state index is -4.77. The average molecular weight is 280 g/mol. The lowest BCUT2D eigenvalue weighted by atomic mass is 9.77. The van der Waals surface area contributed by atoms with Crippen LogP contribution in [0.1, 0.15) is 25.0 Å². The molecule has 19 heavy (non-hydrogen) atoms. The quantitative estimate of drug-likeness (QED) is 0.837. The number of aliphatic hydroxyl groups excluding tert-OH is 1. The molecule has 0 aliphatic carbocycles. The van der Waals surface area contributed by atoms with Crippen LogP contribution in [0.25, 0.3) is 0 Å². The molecule has 0 aromatic heterocycles. The van der Waals surface area contributed by atoms with Gasteiger partial charge in [-0.15, -0.1) is 0 Å². The van der Waals surface area contributed by atoms with Gasteiger partial charge in [-0.2, -0.15) is 13.2 Å². The van der Waals surface area contributed by atoms with E-state index in [1.165, 1.54) is 0 Å². The third-order valence-corrected chi connectivity index (χ3v) is 2.90. The molecule has 0 spiro atoms. The van der Waals surface area contributed by atoms with Crippen molar-refractivity contribution in [3.8, 4) is 0 Å². The Morgan fingerprint density at radius 2 is 1.74 bits per heavy atom. The van der Waals surface area contributed by atoms with Gasteiger partial charge in [-0.3, -0.25) is 0 Å². The molecule has 1 aromatic carbocycles. The van der Waals surface area contributed by atoms with Gasteiger partial charge in [-0.1, -0.05) is 13.8 Å². The second-order valence-corrected chi connectivity index (χ2v) is 4.65. The summed E-state index contributed by atoms with van der Waals surface area (Å²) in [5, 5.41) is 18.2. The topological polar surface area (TPSA) is 57.5 Å². The van der Waals surface area contributed by atoms with Crippen LogP contribution in [0.3, 0.4) is 0 Å². The fraction of sp³-hybridized carbons (Fsp3) is 0.417. The summed E-state index contributed by atoms with van der Waals surface area (Å²) in [6.07, 6.45) is -6.85. The number of hydrogen-bond acceptors (Lipinski definition) is 2. The first-order valence-corrected chi connectivity index (χ1v) is 5.26. The third kappa shape index (κ3) is 3.04. The Morgan fingerprint density at radius 1 is 1.21 bits per heavy atom. The number of carboxylic acids is 1. The summed E-state index contributed by atoms with van der Waals surface area (Å²) >= 11 is 0. The summed E-state index contributed by atoms with van der Waals surface area (Å²) in [7, 11) is 0. The number of benzene rings is 1. The van der Waals surface area contributed by atoms with Crippen LogP contribution >= 0.6 is 0 Å². The van der Waals surface area contributed by atoms with Crippen LogP contribution in [0.15, 0.2) is 18.2 Å². The maximum Gasteiger partial charge on any atom is 0.416 e. The molecule has 3 nitrogen and oxygen atoms in total. The number of carbonyl (C=O) groups is 1. The van der Waals surface area contributed by atoms with Crippen LogP contribution < -0.4 is 0 Å². The Morgan fingerprint density at radius 3 is 2.16 bits per heavy atom. The summed E-state index contributed by atoms with van der Waals surface area (Å²) in [5.74, 6) is -2.61. The zero-order valence-corrected chi connectivity index (χ0v) is 10.1. The maximum absolute atomic E-state index is 13.1. The highest BCUT2D eigenvalue weighted by Gasteiger charge is 2.43. The number of rotatable bonds is 3. The average Bonchev–Trinajstić information content (AvgIpc) is 2.25. The molecule has 1 unspecified atom stereocenters. The summed E-state index contributed by atoms with van der Waals surface area (Å²) in [5.41, 5.74) is -3.56. The van der Waals surface area contributed by atoms with Crippen LogP contribution in [0.4, 0.5) is 17.6 Å². The summed E-state index contributed by atoms with van der Waals surface area (Å²) in [4.78, 5) is 10.7. The van der Waals surface area contributed by atoms with E-state index in [2.05, 4.69) is 0 Å². The van der Waals surface area contributed by atoms with E-state index in [4.69, 9.17) is 5.11 Å². The fourth-order valence-corrected chi connectivity index (χ4v) is 1.75. The Hall–Kier alpha value is -1.63. The zero-order valence-electron chi connectivity index (χ0n) is 10.1. The van der Waals surface area contributed by atoms with Crippen LogP contribution in [0, 0.1) is 5.82 Å². The highest BCUT2D eigenvalue weighted by Crippen LogP contribution is 2.39. The molecule has 0 aliphatic heterocycles. The zero-order chi connectivity index (χ0) is 15.0. The Labute approximate surface area is 106 Å². The number of aliphatic carboxylic acids is 1. The molecule has 0 radical (unpaired) electrons. The Kier molecular flexibility index (Phi) is 3.90. The van der Waals surface area contributed by atoms with Gasteiger partial charge in [0, 0.05) is 5.41 Å². The minimum absolute atomic E-state index is 0.529. The van der Waals surface area contributed by atoms with Crippen LogP contribution in [0.5, 0.6) is 0 Å². The minimum Gasteiger partial charge on any atom is -0.479 e. The predicted octanol–water partition coefficient (Wildman–Crippen LogP) is 2.57. The lowest BCUT2D eigenvalue weighted by Gasteiger charge is -2.30. The van der Waals surface area contributed by atoms with Crippen molar-refractivity contribution < 1.29 is 32.6 Å². The number of aliphatic hydroxyl groups is 1. The van der Waals surface area contributed by atoms with Crippen molar-refractivity contribution in [1.82, 2.24) is 0 Å². The van der Waals surface area contributed by atoms with E-state index in [1.807, 2.05) is 0 Å². The first kappa shape index (κ1) is 15.4. The monoisotopic (exact) mass is 280 g/mol. The maximum atomic E-state index is 13.1. The summed E-state index contributed by atoms with van der Waals surface area (Å²) in [6.45, 7) is 2.21. The van der Waals surface area contributed by atoms with Crippen molar-refractivity contribution in [2.24, 2.45) is 0 Å². The molecule has 1 aromatic rings. The smallest absolute Gasteiger partial charge is 0.416 e. The van der Waals surface area contributed by atoms with Gasteiger partial charge in [-0.25, -0.2) is 9.18 Å². The largest absolute Gasteiger partial charge is 0.479 e. The highest BCUT2D eigenvalue weighted by molar-refractivity contribution is 5.74. The second kappa shape index (κ2) is 4.80. The van der Waals surface area contributed by atoms with Crippen molar-refractivity contribution in [1.29, 1.82) is 0 Å². The van der Waals surface area contributed by atoms with Crippen molar-refractivity contribution >= 4 is 5.97 Å². The molecule has 0 fully saturated rings. The molecule has 7 heteroatoms. The number of alkyl halides is 3. The Balaban J connectivity index is 3.48. The molecular formula is C12H12F4O3. The van der Waals surface area contributed by atoms with Gasteiger partial charge in [0.05, 0.1) is 5.56 Å². The molecule has 106 valence electrons. The first-order valence-electron chi connectivity index (χ1n) is 5.26.